The highest BCUT2D eigenvalue weighted by Crippen LogP contribution is 2.18. The van der Waals surface area contributed by atoms with Crippen molar-refractivity contribution in [2.24, 2.45) is 5.41 Å². The van der Waals surface area contributed by atoms with Crippen LogP contribution in [0.15, 0.2) is 18.2 Å². The molecular formula is C13H19F2NO. The fraction of sp³-hybridized carbons (Fsp3) is 0.538. The summed E-state index contributed by atoms with van der Waals surface area (Å²) in [4.78, 5) is 0. The van der Waals surface area contributed by atoms with E-state index in [2.05, 4.69) is 5.32 Å². The second-order valence-corrected chi connectivity index (χ2v) is 4.70. The highest BCUT2D eigenvalue weighted by atomic mass is 19.1. The summed E-state index contributed by atoms with van der Waals surface area (Å²) in [6.07, 6.45) is 0.841. The molecular weight excluding hydrogens is 224 g/mol. The van der Waals surface area contributed by atoms with E-state index in [1.807, 2.05) is 13.8 Å². The monoisotopic (exact) mass is 243 g/mol. The Bertz CT molecular complexity index is 344. The van der Waals surface area contributed by atoms with Crippen LogP contribution >= 0.6 is 0 Å². The van der Waals surface area contributed by atoms with Gasteiger partial charge in [0.1, 0.15) is 11.6 Å². The molecule has 0 aliphatic carbocycles. The topological polar surface area (TPSA) is 32.3 Å². The molecule has 1 unspecified atom stereocenters. The zero-order valence-electron chi connectivity index (χ0n) is 10.3. The fourth-order valence-electron chi connectivity index (χ4n) is 1.51. The summed E-state index contributed by atoms with van der Waals surface area (Å²) in [6, 6.07) is 3.46. The third-order valence-corrected chi connectivity index (χ3v) is 3.04. The lowest BCUT2D eigenvalue weighted by Crippen LogP contribution is -2.34. The normalized spacial score (nSPS) is 14.6. The first-order valence-electron chi connectivity index (χ1n) is 5.75. The first-order valence-corrected chi connectivity index (χ1v) is 5.75. The first kappa shape index (κ1) is 14.1. The van der Waals surface area contributed by atoms with Crippen LogP contribution < -0.4 is 5.32 Å². The molecule has 96 valence electrons. The Morgan fingerprint density at radius 3 is 2.29 bits per heavy atom. The molecule has 0 aliphatic rings. The number of benzene rings is 1. The quantitative estimate of drug-likeness (QED) is 0.804. The Kier molecular flexibility index (Phi) is 5.02. The number of aliphatic hydroxyl groups is 1. The summed E-state index contributed by atoms with van der Waals surface area (Å²) in [5.74, 6) is -1.13. The van der Waals surface area contributed by atoms with Crippen LogP contribution in [0.3, 0.4) is 0 Å². The number of halogens is 2. The van der Waals surface area contributed by atoms with Crippen LogP contribution in [0.2, 0.25) is 0 Å². The Balaban J connectivity index is 2.51. The molecule has 0 saturated heterocycles. The zero-order chi connectivity index (χ0) is 12.9. The molecule has 17 heavy (non-hydrogen) atoms. The molecule has 0 fully saturated rings. The van der Waals surface area contributed by atoms with Crippen LogP contribution in [0, 0.1) is 17.0 Å². The van der Waals surface area contributed by atoms with Crippen LogP contribution in [0.1, 0.15) is 25.8 Å². The Labute approximate surface area is 101 Å². The van der Waals surface area contributed by atoms with E-state index < -0.39 is 11.6 Å². The van der Waals surface area contributed by atoms with Gasteiger partial charge in [-0.25, -0.2) is 8.78 Å². The van der Waals surface area contributed by atoms with Crippen molar-refractivity contribution < 1.29 is 13.9 Å². The van der Waals surface area contributed by atoms with Crippen molar-refractivity contribution in [2.45, 2.75) is 26.8 Å². The molecule has 0 amide bonds. The number of hydrogen-bond donors (Lipinski definition) is 2. The molecule has 0 bridgehead atoms. The van der Waals surface area contributed by atoms with Crippen LogP contribution in [0.25, 0.3) is 0 Å². The molecule has 0 spiro atoms. The molecule has 1 atom stereocenters. The smallest absolute Gasteiger partial charge is 0.126 e. The van der Waals surface area contributed by atoms with Crippen LogP contribution in [-0.2, 0) is 6.54 Å². The van der Waals surface area contributed by atoms with E-state index in [1.54, 1.807) is 0 Å². The Morgan fingerprint density at radius 2 is 1.82 bits per heavy atom. The molecule has 1 aromatic carbocycles. The van der Waals surface area contributed by atoms with Gasteiger partial charge in [-0.2, -0.15) is 0 Å². The standard InChI is InChI=1S/C13H19F2NO/c1-3-13(2,9-17)8-16-7-10-4-11(14)6-12(15)5-10/h4-6,16-17H,3,7-9H2,1-2H3. The maximum absolute atomic E-state index is 12.9. The van der Waals surface area contributed by atoms with Crippen molar-refractivity contribution in [3.8, 4) is 0 Å². The summed E-state index contributed by atoms with van der Waals surface area (Å²) in [5, 5.41) is 12.3. The van der Waals surface area contributed by atoms with Crippen molar-refractivity contribution in [3.63, 3.8) is 0 Å². The van der Waals surface area contributed by atoms with E-state index in [0.29, 0.717) is 18.7 Å². The van der Waals surface area contributed by atoms with Gasteiger partial charge < -0.3 is 10.4 Å². The number of aliphatic hydroxyl groups excluding tert-OH is 1. The van der Waals surface area contributed by atoms with E-state index in [4.69, 9.17) is 0 Å². The van der Waals surface area contributed by atoms with E-state index in [9.17, 15) is 13.9 Å². The van der Waals surface area contributed by atoms with Gasteiger partial charge >= 0.3 is 0 Å². The van der Waals surface area contributed by atoms with E-state index in [-0.39, 0.29) is 12.0 Å². The SMILES string of the molecule is CCC(C)(CO)CNCc1cc(F)cc(F)c1. The van der Waals surface area contributed by atoms with Gasteiger partial charge in [0.25, 0.3) is 0 Å². The van der Waals surface area contributed by atoms with Gasteiger partial charge in [-0.05, 0) is 24.1 Å². The van der Waals surface area contributed by atoms with Crippen molar-refractivity contribution in [1.29, 1.82) is 0 Å². The Hall–Kier alpha value is -1.00. The molecule has 2 nitrogen and oxygen atoms in total. The Morgan fingerprint density at radius 1 is 1.24 bits per heavy atom. The molecule has 0 aromatic heterocycles. The van der Waals surface area contributed by atoms with Gasteiger partial charge in [-0.1, -0.05) is 13.8 Å². The van der Waals surface area contributed by atoms with Crippen molar-refractivity contribution in [2.75, 3.05) is 13.2 Å². The first-order chi connectivity index (χ1) is 7.99. The highest BCUT2D eigenvalue weighted by molar-refractivity contribution is 5.17. The van der Waals surface area contributed by atoms with Crippen LogP contribution in [0.5, 0.6) is 0 Å². The van der Waals surface area contributed by atoms with Gasteiger partial charge in [0, 0.05) is 31.2 Å². The van der Waals surface area contributed by atoms with Crippen molar-refractivity contribution in [1.82, 2.24) is 5.32 Å². The second kappa shape index (κ2) is 6.07. The molecule has 1 rings (SSSR count). The van der Waals surface area contributed by atoms with E-state index >= 15 is 0 Å². The minimum atomic E-state index is -0.567. The summed E-state index contributed by atoms with van der Waals surface area (Å²) < 4.78 is 25.8. The van der Waals surface area contributed by atoms with E-state index in [0.717, 1.165) is 12.5 Å². The number of rotatable bonds is 6. The molecule has 0 radical (unpaired) electrons. The van der Waals surface area contributed by atoms with Crippen molar-refractivity contribution >= 4 is 0 Å². The number of hydrogen-bond acceptors (Lipinski definition) is 2. The maximum Gasteiger partial charge on any atom is 0.126 e. The zero-order valence-corrected chi connectivity index (χ0v) is 10.3. The van der Waals surface area contributed by atoms with E-state index in [1.165, 1.54) is 12.1 Å². The summed E-state index contributed by atoms with van der Waals surface area (Å²) in [6.45, 7) is 5.06. The summed E-state index contributed by atoms with van der Waals surface area (Å²) >= 11 is 0. The molecule has 1 aromatic rings. The predicted octanol–water partition coefficient (Wildman–Crippen LogP) is 2.46. The van der Waals surface area contributed by atoms with Gasteiger partial charge in [0.05, 0.1) is 0 Å². The minimum absolute atomic E-state index is 0.0913. The van der Waals surface area contributed by atoms with Gasteiger partial charge in [0.2, 0.25) is 0 Å². The third-order valence-electron chi connectivity index (χ3n) is 3.04. The third kappa shape index (κ3) is 4.40. The van der Waals surface area contributed by atoms with Crippen LogP contribution in [0.4, 0.5) is 8.78 Å². The molecule has 0 heterocycles. The highest BCUT2D eigenvalue weighted by Gasteiger charge is 2.20. The lowest BCUT2D eigenvalue weighted by atomic mass is 9.88. The van der Waals surface area contributed by atoms with Gasteiger partial charge in [0.15, 0.2) is 0 Å². The summed E-state index contributed by atoms with van der Waals surface area (Å²) in [5.41, 5.74) is 0.380. The van der Waals surface area contributed by atoms with Gasteiger partial charge in [-0.15, -0.1) is 0 Å². The minimum Gasteiger partial charge on any atom is -0.396 e. The molecule has 2 N–H and O–H groups in total. The lowest BCUT2D eigenvalue weighted by Gasteiger charge is -2.25. The molecule has 0 saturated carbocycles. The van der Waals surface area contributed by atoms with Crippen LogP contribution in [-0.4, -0.2) is 18.3 Å². The lowest BCUT2D eigenvalue weighted by molar-refractivity contribution is 0.135. The average Bonchev–Trinajstić information content (AvgIpc) is 2.27. The fourth-order valence-corrected chi connectivity index (χ4v) is 1.51. The summed E-state index contributed by atoms with van der Waals surface area (Å²) in [7, 11) is 0. The molecule has 0 aliphatic heterocycles. The maximum atomic E-state index is 12.9. The van der Waals surface area contributed by atoms with Crippen molar-refractivity contribution in [3.05, 3.63) is 35.4 Å². The average molecular weight is 243 g/mol. The number of nitrogens with one attached hydrogen (secondary N) is 1. The second-order valence-electron chi connectivity index (χ2n) is 4.70. The molecule has 4 heteroatoms. The largest absolute Gasteiger partial charge is 0.396 e. The van der Waals surface area contributed by atoms with Gasteiger partial charge in [-0.3, -0.25) is 0 Å². The predicted molar refractivity (Wildman–Crippen MR) is 63.5 cm³/mol.